The Morgan fingerprint density at radius 3 is 2.40 bits per heavy atom. The quantitative estimate of drug-likeness (QED) is 0.348. The fourth-order valence-electron chi connectivity index (χ4n) is 5.69. The molecule has 2 heterocycles. The second-order valence-electron chi connectivity index (χ2n) is 11.1. The highest BCUT2D eigenvalue weighted by atomic mass is 32.2. The third kappa shape index (κ3) is 6.57. The summed E-state index contributed by atoms with van der Waals surface area (Å²) in [6.07, 6.45) is 0.502. The number of hydrogen-bond acceptors (Lipinski definition) is 7. The number of thiocarbonyl (C=S) groups is 1. The number of halogens is 4. The lowest BCUT2D eigenvalue weighted by atomic mass is 9.95. The topological polar surface area (TPSA) is 73.3 Å². The van der Waals surface area contributed by atoms with Gasteiger partial charge in [-0.1, -0.05) is 48.6 Å². The van der Waals surface area contributed by atoms with E-state index in [0.717, 1.165) is 5.56 Å². The molecular formula is C30H33F4N3O4S2. The molecule has 3 aliphatic rings. The molecule has 232 valence electrons. The number of hydrogen-bond donors (Lipinski definition) is 1. The summed E-state index contributed by atoms with van der Waals surface area (Å²) in [4.78, 5) is 4.61. The summed E-state index contributed by atoms with van der Waals surface area (Å²) < 4.78 is 88.6. The highest BCUT2D eigenvalue weighted by Crippen LogP contribution is 2.39. The molecule has 2 saturated heterocycles. The molecule has 2 aromatic carbocycles. The first-order chi connectivity index (χ1) is 20.3. The number of anilines is 1. The first-order valence-electron chi connectivity index (χ1n) is 13.9. The number of benzene rings is 2. The van der Waals surface area contributed by atoms with Crippen molar-refractivity contribution in [1.82, 2.24) is 9.21 Å². The van der Waals surface area contributed by atoms with Crippen LogP contribution in [-0.2, 0) is 20.4 Å². The smallest absolute Gasteiger partial charge is 0.378 e. The number of rotatable bonds is 7. The van der Waals surface area contributed by atoms with Gasteiger partial charge in [-0.05, 0) is 48.4 Å². The second-order valence-corrected chi connectivity index (χ2v) is 13.4. The first kappa shape index (κ1) is 31.7. The average molecular weight is 640 g/mol. The summed E-state index contributed by atoms with van der Waals surface area (Å²) in [5, 5.41) is 10.1. The van der Waals surface area contributed by atoms with Gasteiger partial charge in [0.2, 0.25) is 10.0 Å². The van der Waals surface area contributed by atoms with Gasteiger partial charge in [-0.3, -0.25) is 4.90 Å². The van der Waals surface area contributed by atoms with Crippen LogP contribution in [0.15, 0.2) is 71.7 Å². The van der Waals surface area contributed by atoms with Crippen LogP contribution in [0, 0.1) is 5.82 Å². The van der Waals surface area contributed by atoms with Crippen LogP contribution in [0.1, 0.15) is 30.5 Å². The molecule has 3 atom stereocenters. The van der Waals surface area contributed by atoms with Crippen LogP contribution in [0.3, 0.4) is 0 Å². The molecule has 2 fully saturated rings. The maximum Gasteiger partial charge on any atom is 0.421 e. The van der Waals surface area contributed by atoms with Crippen LogP contribution in [0.4, 0.5) is 23.2 Å². The van der Waals surface area contributed by atoms with E-state index in [0.29, 0.717) is 50.2 Å². The molecule has 0 aromatic heterocycles. The second kappa shape index (κ2) is 12.4. The molecule has 0 radical (unpaired) electrons. The number of allylic oxidation sites excluding steroid dienone is 4. The fourth-order valence-corrected chi connectivity index (χ4v) is 7.76. The van der Waals surface area contributed by atoms with Gasteiger partial charge < -0.3 is 14.7 Å². The van der Waals surface area contributed by atoms with Crippen molar-refractivity contribution >= 4 is 32.8 Å². The van der Waals surface area contributed by atoms with Gasteiger partial charge in [-0.2, -0.15) is 17.5 Å². The van der Waals surface area contributed by atoms with Gasteiger partial charge in [-0.25, -0.2) is 12.8 Å². The maximum atomic E-state index is 13.7. The molecule has 0 amide bonds. The standard InChI is InChI=1S/C30H33F4N3O4S2/c1-29(38,30(32,33)34)22-8-12-24(13-9-22)37-15-14-36(43(39,40)28-5-3-2-4-27(28)42)19-25(37)18-35-16-17-41-20-26(35)21-6-10-23(31)11-7-21/h2-3,5-13,25-26,38H,4,14-20H2,1H3/t25-,26?,29?/m0/s1. The zero-order valence-electron chi connectivity index (χ0n) is 23.5. The molecule has 43 heavy (non-hydrogen) atoms. The molecule has 2 aliphatic heterocycles. The van der Waals surface area contributed by atoms with E-state index in [2.05, 4.69) is 4.90 Å². The summed E-state index contributed by atoms with van der Waals surface area (Å²) in [5.74, 6) is -0.357. The van der Waals surface area contributed by atoms with Gasteiger partial charge in [0, 0.05) is 49.7 Å². The summed E-state index contributed by atoms with van der Waals surface area (Å²) in [6.45, 7) is 3.03. The van der Waals surface area contributed by atoms with E-state index in [1.165, 1.54) is 46.8 Å². The number of nitrogens with zero attached hydrogens (tertiary/aromatic N) is 3. The van der Waals surface area contributed by atoms with E-state index in [9.17, 15) is 31.1 Å². The van der Waals surface area contributed by atoms with E-state index in [4.69, 9.17) is 17.0 Å². The van der Waals surface area contributed by atoms with Crippen LogP contribution < -0.4 is 4.90 Å². The SMILES string of the molecule is CC(O)(c1ccc(N2CCN(S(=O)(=O)C3=CC=CCC3=S)C[C@@H]2CN2CCOCC2c2ccc(F)cc2)cc1)C(F)(F)F. The lowest BCUT2D eigenvalue weighted by Gasteiger charge is -2.46. The molecule has 1 N–H and O–H groups in total. The van der Waals surface area contributed by atoms with Crippen molar-refractivity contribution in [1.29, 1.82) is 0 Å². The van der Waals surface area contributed by atoms with Crippen molar-refractivity contribution in [2.45, 2.75) is 37.2 Å². The Hall–Kier alpha value is -2.68. The molecule has 0 bridgehead atoms. The van der Waals surface area contributed by atoms with Crippen molar-refractivity contribution in [3.63, 3.8) is 0 Å². The van der Waals surface area contributed by atoms with Crippen LogP contribution in [0.25, 0.3) is 0 Å². The zero-order valence-corrected chi connectivity index (χ0v) is 25.1. The Morgan fingerprint density at radius 2 is 1.74 bits per heavy atom. The summed E-state index contributed by atoms with van der Waals surface area (Å²) in [5.41, 5.74) is -1.85. The minimum Gasteiger partial charge on any atom is -0.378 e. The minimum atomic E-state index is -4.85. The van der Waals surface area contributed by atoms with E-state index >= 15 is 0 Å². The highest BCUT2D eigenvalue weighted by Gasteiger charge is 2.51. The fraction of sp³-hybridized carbons (Fsp3) is 0.433. The van der Waals surface area contributed by atoms with Crippen molar-refractivity contribution in [3.05, 3.63) is 88.6 Å². The van der Waals surface area contributed by atoms with Gasteiger partial charge in [0.1, 0.15) is 5.82 Å². The lowest BCUT2D eigenvalue weighted by Crippen LogP contribution is -2.59. The van der Waals surface area contributed by atoms with Crippen molar-refractivity contribution < 1.29 is 35.8 Å². The van der Waals surface area contributed by atoms with Gasteiger partial charge in [0.05, 0.1) is 30.2 Å². The summed E-state index contributed by atoms with van der Waals surface area (Å²) >= 11 is 5.37. The van der Waals surface area contributed by atoms with Crippen LogP contribution in [0.5, 0.6) is 0 Å². The Kier molecular flexibility index (Phi) is 9.13. The van der Waals surface area contributed by atoms with E-state index < -0.39 is 27.8 Å². The van der Waals surface area contributed by atoms with E-state index in [1.807, 2.05) is 4.90 Å². The Bertz CT molecular complexity index is 1490. The zero-order chi connectivity index (χ0) is 31.0. The Balaban J connectivity index is 1.46. The van der Waals surface area contributed by atoms with Gasteiger partial charge in [-0.15, -0.1) is 0 Å². The number of morpholine rings is 1. The van der Waals surface area contributed by atoms with E-state index in [1.54, 1.807) is 24.3 Å². The number of piperazine rings is 1. The number of alkyl halides is 3. The van der Waals surface area contributed by atoms with Crippen LogP contribution >= 0.6 is 12.2 Å². The summed E-state index contributed by atoms with van der Waals surface area (Å²) in [7, 11) is -3.89. The highest BCUT2D eigenvalue weighted by molar-refractivity contribution is 7.96. The predicted octanol–water partition coefficient (Wildman–Crippen LogP) is 4.70. The van der Waals surface area contributed by atoms with Gasteiger partial charge in [0.25, 0.3) is 0 Å². The number of aliphatic hydroxyl groups is 1. The molecular weight excluding hydrogens is 606 g/mol. The van der Waals surface area contributed by atoms with Crippen molar-refractivity contribution in [3.8, 4) is 0 Å². The minimum absolute atomic E-state index is 0.103. The number of sulfonamides is 1. The first-order valence-corrected chi connectivity index (χ1v) is 15.8. The van der Waals surface area contributed by atoms with Gasteiger partial charge in [0.15, 0.2) is 5.60 Å². The van der Waals surface area contributed by atoms with Gasteiger partial charge >= 0.3 is 6.18 Å². The number of ether oxygens (including phenoxy) is 1. The average Bonchev–Trinajstić information content (AvgIpc) is 2.97. The largest absolute Gasteiger partial charge is 0.421 e. The molecule has 2 unspecified atom stereocenters. The van der Waals surface area contributed by atoms with Crippen LogP contribution in [-0.4, -0.2) is 85.7 Å². The van der Waals surface area contributed by atoms with E-state index in [-0.39, 0.29) is 42.0 Å². The maximum absolute atomic E-state index is 13.7. The van der Waals surface area contributed by atoms with Crippen molar-refractivity contribution in [2.24, 2.45) is 0 Å². The molecule has 0 saturated carbocycles. The van der Waals surface area contributed by atoms with Crippen molar-refractivity contribution in [2.75, 3.05) is 50.8 Å². The predicted molar refractivity (Wildman–Crippen MR) is 160 cm³/mol. The summed E-state index contributed by atoms with van der Waals surface area (Å²) in [6, 6.07) is 11.1. The lowest BCUT2D eigenvalue weighted by molar-refractivity contribution is -0.258. The monoisotopic (exact) mass is 639 g/mol. The molecule has 0 spiro atoms. The molecule has 5 rings (SSSR count). The third-order valence-corrected chi connectivity index (χ3v) is 10.7. The molecule has 1 aliphatic carbocycles. The molecule has 7 nitrogen and oxygen atoms in total. The van der Waals surface area contributed by atoms with Crippen LogP contribution in [0.2, 0.25) is 0 Å². The molecule has 13 heteroatoms. The Labute approximate surface area is 254 Å². The third-order valence-electron chi connectivity index (χ3n) is 8.28. The normalized spacial score (nSPS) is 24.1. The molecule has 2 aromatic rings. The Morgan fingerprint density at radius 1 is 1.05 bits per heavy atom.